The van der Waals surface area contributed by atoms with Crippen LogP contribution in [0.15, 0.2) is 35.4 Å². The van der Waals surface area contributed by atoms with Gasteiger partial charge in [0.1, 0.15) is 5.75 Å². The molecule has 4 nitrogen and oxygen atoms in total. The molecule has 0 heterocycles. The third kappa shape index (κ3) is 4.89. The van der Waals surface area contributed by atoms with E-state index in [0.29, 0.717) is 5.75 Å². The second kappa shape index (κ2) is 8.57. The number of carbonyl (C=O) groups is 1. The highest BCUT2D eigenvalue weighted by molar-refractivity contribution is 6.32. The summed E-state index contributed by atoms with van der Waals surface area (Å²) in [6.07, 6.45) is 4.78. The van der Waals surface area contributed by atoms with Crippen LogP contribution in [0.1, 0.15) is 47.6 Å². The summed E-state index contributed by atoms with van der Waals surface area (Å²) in [5.74, 6) is 0.331. The lowest BCUT2D eigenvalue weighted by Gasteiger charge is -2.16. The molecule has 142 valence electrons. The second-order valence-electron chi connectivity index (χ2n) is 7.08. The number of carbonyl (C=O) groups excluding carboxylic acids is 1. The molecule has 0 aliphatic heterocycles. The van der Waals surface area contributed by atoms with Crippen molar-refractivity contribution in [1.82, 2.24) is 5.43 Å². The monoisotopic (exact) mass is 384 g/mol. The molecular weight excluding hydrogens is 360 g/mol. The Morgan fingerprint density at radius 2 is 1.78 bits per heavy atom. The van der Waals surface area contributed by atoms with Crippen molar-refractivity contribution in [3.8, 4) is 5.75 Å². The predicted octanol–water partition coefficient (Wildman–Crippen LogP) is 4.75. The summed E-state index contributed by atoms with van der Waals surface area (Å²) in [5, 5.41) is 4.94. The first kappa shape index (κ1) is 19.4. The van der Waals surface area contributed by atoms with Crippen molar-refractivity contribution in [2.24, 2.45) is 5.10 Å². The Balaban J connectivity index is 1.58. The molecule has 0 aromatic heterocycles. The van der Waals surface area contributed by atoms with Crippen molar-refractivity contribution in [2.45, 2.75) is 46.5 Å². The number of ether oxygens (including phenoxy) is 1. The topological polar surface area (TPSA) is 50.7 Å². The van der Waals surface area contributed by atoms with E-state index in [2.05, 4.69) is 28.7 Å². The molecule has 0 unspecified atom stereocenters. The van der Waals surface area contributed by atoms with E-state index < -0.39 is 0 Å². The van der Waals surface area contributed by atoms with E-state index in [4.69, 9.17) is 16.3 Å². The van der Waals surface area contributed by atoms with Gasteiger partial charge in [-0.2, -0.15) is 5.10 Å². The standard InChI is InChI=1S/C22H25ClN2O2/c1-14-10-20(11-15(2)22(14)23)27-13-21(26)25-24-16(3)18-9-8-17-6-4-5-7-19(17)12-18/h8-12H,4-7,13H2,1-3H3,(H,25,26)/b24-16-. The summed E-state index contributed by atoms with van der Waals surface area (Å²) >= 11 is 6.15. The molecule has 0 radical (unpaired) electrons. The highest BCUT2D eigenvalue weighted by atomic mass is 35.5. The number of halogens is 1. The average molecular weight is 385 g/mol. The molecule has 0 fully saturated rings. The number of aryl methyl sites for hydroxylation is 4. The largest absolute Gasteiger partial charge is 0.484 e. The van der Waals surface area contributed by atoms with E-state index in [1.807, 2.05) is 32.9 Å². The highest BCUT2D eigenvalue weighted by Crippen LogP contribution is 2.26. The maximum absolute atomic E-state index is 12.1. The zero-order valence-electron chi connectivity index (χ0n) is 16.1. The minimum Gasteiger partial charge on any atom is -0.484 e. The fraction of sp³-hybridized carbons (Fsp3) is 0.364. The SMILES string of the molecule is C/C(=N/NC(=O)COc1cc(C)c(Cl)c(C)c1)c1ccc2c(c1)CCCC2. The van der Waals surface area contributed by atoms with Gasteiger partial charge in [0, 0.05) is 5.02 Å². The van der Waals surface area contributed by atoms with Gasteiger partial charge in [0.2, 0.25) is 0 Å². The first-order valence-corrected chi connectivity index (χ1v) is 9.66. The number of amides is 1. The van der Waals surface area contributed by atoms with Crippen molar-refractivity contribution in [3.05, 3.63) is 63.2 Å². The normalized spacial score (nSPS) is 13.9. The lowest BCUT2D eigenvalue weighted by atomic mass is 9.90. The molecule has 3 rings (SSSR count). The molecule has 0 saturated heterocycles. The van der Waals surface area contributed by atoms with Crippen LogP contribution in [0.25, 0.3) is 0 Å². The summed E-state index contributed by atoms with van der Waals surface area (Å²) in [7, 11) is 0. The van der Waals surface area contributed by atoms with Crippen molar-refractivity contribution in [2.75, 3.05) is 6.61 Å². The van der Waals surface area contributed by atoms with Gasteiger partial charge in [0.15, 0.2) is 6.61 Å². The summed E-state index contributed by atoms with van der Waals surface area (Å²) in [6, 6.07) is 10.1. The first-order valence-electron chi connectivity index (χ1n) is 9.29. The average Bonchev–Trinajstić information content (AvgIpc) is 2.68. The Morgan fingerprint density at radius 3 is 2.48 bits per heavy atom. The quantitative estimate of drug-likeness (QED) is 0.597. The van der Waals surface area contributed by atoms with Crippen molar-refractivity contribution in [3.63, 3.8) is 0 Å². The lowest BCUT2D eigenvalue weighted by molar-refractivity contribution is -0.123. The van der Waals surface area contributed by atoms with E-state index in [-0.39, 0.29) is 12.5 Å². The van der Waals surface area contributed by atoms with E-state index in [0.717, 1.165) is 40.3 Å². The van der Waals surface area contributed by atoms with Crippen LogP contribution in [0, 0.1) is 13.8 Å². The highest BCUT2D eigenvalue weighted by Gasteiger charge is 2.11. The molecule has 0 saturated carbocycles. The van der Waals surface area contributed by atoms with Gasteiger partial charge in [-0.3, -0.25) is 4.79 Å². The summed E-state index contributed by atoms with van der Waals surface area (Å²) in [6.45, 7) is 5.63. The third-order valence-electron chi connectivity index (χ3n) is 4.89. The van der Waals surface area contributed by atoms with Crippen LogP contribution < -0.4 is 10.2 Å². The van der Waals surface area contributed by atoms with Crippen LogP contribution in [-0.4, -0.2) is 18.2 Å². The maximum Gasteiger partial charge on any atom is 0.277 e. The zero-order chi connectivity index (χ0) is 19.4. The molecule has 0 bridgehead atoms. The van der Waals surface area contributed by atoms with Gasteiger partial charge in [0.25, 0.3) is 5.91 Å². The molecule has 27 heavy (non-hydrogen) atoms. The number of nitrogens with one attached hydrogen (secondary N) is 1. The Hall–Kier alpha value is -2.33. The number of rotatable bonds is 5. The minimum atomic E-state index is -0.294. The van der Waals surface area contributed by atoms with Crippen LogP contribution in [0.5, 0.6) is 5.75 Å². The fourth-order valence-corrected chi connectivity index (χ4v) is 3.45. The van der Waals surface area contributed by atoms with Crippen LogP contribution in [0.3, 0.4) is 0 Å². The third-order valence-corrected chi connectivity index (χ3v) is 5.49. The minimum absolute atomic E-state index is 0.0958. The Kier molecular flexibility index (Phi) is 6.17. The number of nitrogens with zero attached hydrogens (tertiary/aromatic N) is 1. The van der Waals surface area contributed by atoms with Gasteiger partial charge in [-0.1, -0.05) is 23.7 Å². The predicted molar refractivity (Wildman–Crippen MR) is 110 cm³/mol. The van der Waals surface area contributed by atoms with Gasteiger partial charge in [-0.05, 0) is 92.5 Å². The smallest absolute Gasteiger partial charge is 0.277 e. The Morgan fingerprint density at radius 1 is 1.11 bits per heavy atom. The summed E-state index contributed by atoms with van der Waals surface area (Å²) in [4.78, 5) is 12.1. The van der Waals surface area contributed by atoms with Crippen molar-refractivity contribution < 1.29 is 9.53 Å². The Labute approximate surface area is 165 Å². The van der Waals surface area contributed by atoms with E-state index in [1.54, 1.807) is 0 Å². The van der Waals surface area contributed by atoms with E-state index in [1.165, 1.54) is 24.0 Å². The van der Waals surface area contributed by atoms with E-state index in [9.17, 15) is 4.79 Å². The lowest BCUT2D eigenvalue weighted by Crippen LogP contribution is -2.25. The van der Waals surface area contributed by atoms with Crippen molar-refractivity contribution >= 4 is 23.2 Å². The fourth-order valence-electron chi connectivity index (χ4n) is 3.34. The first-order chi connectivity index (χ1) is 12.9. The molecule has 1 aliphatic carbocycles. The maximum atomic E-state index is 12.1. The zero-order valence-corrected chi connectivity index (χ0v) is 16.8. The molecule has 5 heteroatoms. The second-order valence-corrected chi connectivity index (χ2v) is 7.46. The molecule has 0 atom stereocenters. The van der Waals surface area contributed by atoms with Crippen LogP contribution in [0.4, 0.5) is 0 Å². The molecular formula is C22H25ClN2O2. The van der Waals surface area contributed by atoms with E-state index >= 15 is 0 Å². The number of benzene rings is 2. The summed E-state index contributed by atoms with van der Waals surface area (Å²) in [5.41, 5.74) is 9.08. The molecule has 1 amide bonds. The number of hydrogen-bond acceptors (Lipinski definition) is 3. The van der Waals surface area contributed by atoms with Crippen LogP contribution in [0.2, 0.25) is 5.02 Å². The van der Waals surface area contributed by atoms with Crippen LogP contribution in [-0.2, 0) is 17.6 Å². The van der Waals surface area contributed by atoms with Gasteiger partial charge in [-0.25, -0.2) is 5.43 Å². The Bertz CT molecular complexity index is 867. The molecule has 0 spiro atoms. The van der Waals surface area contributed by atoms with Gasteiger partial charge < -0.3 is 4.74 Å². The van der Waals surface area contributed by atoms with Crippen molar-refractivity contribution in [1.29, 1.82) is 0 Å². The molecule has 1 N–H and O–H groups in total. The molecule has 1 aliphatic rings. The van der Waals surface area contributed by atoms with Gasteiger partial charge >= 0.3 is 0 Å². The number of hydrazone groups is 1. The number of hydrogen-bond donors (Lipinski definition) is 1. The van der Waals surface area contributed by atoms with Crippen LogP contribution >= 0.6 is 11.6 Å². The van der Waals surface area contributed by atoms with Gasteiger partial charge in [0.05, 0.1) is 5.71 Å². The molecule has 2 aromatic carbocycles. The van der Waals surface area contributed by atoms with Gasteiger partial charge in [-0.15, -0.1) is 0 Å². The molecule has 2 aromatic rings. The number of fused-ring (bicyclic) bond motifs is 1. The summed E-state index contributed by atoms with van der Waals surface area (Å²) < 4.78 is 5.56.